The fourth-order valence-electron chi connectivity index (χ4n) is 2.04. The molecular formula is C12H18ClN3O4S. The van der Waals surface area contributed by atoms with Gasteiger partial charge in [0.2, 0.25) is 10.0 Å². The fourth-order valence-corrected chi connectivity index (χ4v) is 3.57. The molecule has 0 atom stereocenters. The standard InChI is InChI=1S/C12H17N3O4S.ClH/c16-12(17)4-6-14-11-9-10(3-5-13-11)20(18,19)15-7-1-2-8-15;/h3,5,9H,1-2,4,6-8H2,(H,13,14)(H,16,17);1H. The summed E-state index contributed by atoms with van der Waals surface area (Å²) in [5.74, 6) is -0.551. The number of aliphatic carboxylic acids is 1. The van der Waals surface area contributed by atoms with E-state index in [1.165, 1.54) is 22.6 Å². The van der Waals surface area contributed by atoms with Gasteiger partial charge in [0, 0.05) is 31.9 Å². The van der Waals surface area contributed by atoms with Crippen LogP contribution in [0.25, 0.3) is 0 Å². The number of hydrogen-bond acceptors (Lipinski definition) is 5. The number of nitrogens with one attached hydrogen (secondary N) is 1. The second-order valence-corrected chi connectivity index (χ2v) is 6.50. The Labute approximate surface area is 129 Å². The third kappa shape index (κ3) is 4.55. The van der Waals surface area contributed by atoms with E-state index >= 15 is 0 Å². The number of carboxylic acids is 1. The number of aromatic nitrogens is 1. The Balaban J connectivity index is 0.00000220. The molecule has 0 unspecified atom stereocenters. The van der Waals surface area contributed by atoms with Crippen molar-refractivity contribution in [1.29, 1.82) is 0 Å². The largest absolute Gasteiger partial charge is 0.481 e. The van der Waals surface area contributed by atoms with Gasteiger partial charge in [-0.1, -0.05) is 0 Å². The van der Waals surface area contributed by atoms with Crippen molar-refractivity contribution in [1.82, 2.24) is 9.29 Å². The van der Waals surface area contributed by atoms with E-state index in [0.717, 1.165) is 12.8 Å². The van der Waals surface area contributed by atoms with E-state index in [-0.39, 0.29) is 30.3 Å². The lowest BCUT2D eigenvalue weighted by atomic mass is 10.4. The first kappa shape index (κ1) is 17.7. The molecule has 0 spiro atoms. The minimum Gasteiger partial charge on any atom is -0.481 e. The summed E-state index contributed by atoms with van der Waals surface area (Å²) in [4.78, 5) is 14.6. The van der Waals surface area contributed by atoms with Gasteiger partial charge in [-0.25, -0.2) is 13.4 Å². The summed E-state index contributed by atoms with van der Waals surface area (Å²) < 4.78 is 26.2. The monoisotopic (exact) mass is 335 g/mol. The highest BCUT2D eigenvalue weighted by molar-refractivity contribution is 7.89. The van der Waals surface area contributed by atoms with Crippen LogP contribution in [-0.4, -0.2) is 48.4 Å². The predicted octanol–water partition coefficient (Wildman–Crippen LogP) is 1.17. The molecule has 0 radical (unpaired) electrons. The molecule has 1 fully saturated rings. The highest BCUT2D eigenvalue weighted by Gasteiger charge is 2.27. The Hall–Kier alpha value is -1.38. The number of nitrogens with zero attached hydrogens (tertiary/aromatic N) is 2. The first-order chi connectivity index (χ1) is 9.50. The Morgan fingerprint density at radius 2 is 2.05 bits per heavy atom. The van der Waals surface area contributed by atoms with E-state index < -0.39 is 16.0 Å². The molecule has 1 aromatic rings. The van der Waals surface area contributed by atoms with E-state index in [0.29, 0.717) is 18.9 Å². The van der Waals surface area contributed by atoms with Gasteiger partial charge in [-0.2, -0.15) is 4.31 Å². The maximum Gasteiger partial charge on any atom is 0.305 e. The first-order valence-electron chi connectivity index (χ1n) is 6.42. The normalized spacial score (nSPS) is 15.4. The van der Waals surface area contributed by atoms with Crippen molar-refractivity contribution >= 4 is 34.2 Å². The minimum atomic E-state index is -3.47. The van der Waals surface area contributed by atoms with Crippen LogP contribution in [0.1, 0.15) is 19.3 Å². The smallest absolute Gasteiger partial charge is 0.305 e. The highest BCUT2D eigenvalue weighted by atomic mass is 35.5. The number of pyridine rings is 1. The van der Waals surface area contributed by atoms with Crippen LogP contribution in [0.3, 0.4) is 0 Å². The van der Waals surface area contributed by atoms with Crippen LogP contribution in [0.15, 0.2) is 23.2 Å². The van der Waals surface area contributed by atoms with Crippen LogP contribution in [0, 0.1) is 0 Å². The molecule has 1 aliphatic heterocycles. The van der Waals surface area contributed by atoms with Crippen molar-refractivity contribution in [3.63, 3.8) is 0 Å². The minimum absolute atomic E-state index is 0. The van der Waals surface area contributed by atoms with Gasteiger partial charge in [-0.3, -0.25) is 4.79 Å². The third-order valence-corrected chi connectivity index (χ3v) is 4.97. The summed E-state index contributed by atoms with van der Waals surface area (Å²) in [6, 6.07) is 2.89. The van der Waals surface area contributed by atoms with Crippen LogP contribution >= 0.6 is 12.4 Å². The summed E-state index contributed by atoms with van der Waals surface area (Å²) in [6.45, 7) is 1.30. The van der Waals surface area contributed by atoms with Gasteiger partial charge >= 0.3 is 5.97 Å². The van der Waals surface area contributed by atoms with Crippen LogP contribution in [-0.2, 0) is 14.8 Å². The molecule has 1 aliphatic rings. The van der Waals surface area contributed by atoms with Crippen LogP contribution < -0.4 is 5.32 Å². The van der Waals surface area contributed by atoms with E-state index in [9.17, 15) is 13.2 Å². The average Bonchev–Trinajstić information content (AvgIpc) is 2.93. The molecule has 0 aromatic carbocycles. The van der Waals surface area contributed by atoms with Gasteiger partial charge in [0.05, 0.1) is 11.3 Å². The molecule has 21 heavy (non-hydrogen) atoms. The maximum atomic E-state index is 12.3. The molecular weight excluding hydrogens is 318 g/mol. The molecule has 0 amide bonds. The zero-order chi connectivity index (χ0) is 14.6. The summed E-state index contributed by atoms with van der Waals surface area (Å²) >= 11 is 0. The lowest BCUT2D eigenvalue weighted by Gasteiger charge is -2.15. The quantitative estimate of drug-likeness (QED) is 0.809. The molecule has 1 saturated heterocycles. The second-order valence-electron chi connectivity index (χ2n) is 4.56. The average molecular weight is 336 g/mol. The van der Waals surface area contributed by atoms with Crippen molar-refractivity contribution < 1.29 is 18.3 Å². The molecule has 2 heterocycles. The molecule has 7 nitrogen and oxygen atoms in total. The second kappa shape index (κ2) is 7.58. The van der Waals surface area contributed by atoms with E-state index in [2.05, 4.69) is 10.3 Å². The zero-order valence-electron chi connectivity index (χ0n) is 11.4. The number of carbonyl (C=O) groups is 1. The lowest BCUT2D eigenvalue weighted by molar-refractivity contribution is -0.136. The summed E-state index contributed by atoms with van der Waals surface area (Å²) in [5.41, 5.74) is 0. The number of carboxylic acid groups (broad SMARTS) is 1. The molecule has 0 aliphatic carbocycles. The van der Waals surface area contributed by atoms with Crippen LogP contribution in [0.5, 0.6) is 0 Å². The van der Waals surface area contributed by atoms with Crippen molar-refractivity contribution in [2.24, 2.45) is 0 Å². The topological polar surface area (TPSA) is 99.6 Å². The molecule has 2 rings (SSSR count). The van der Waals surface area contributed by atoms with Crippen molar-refractivity contribution in [2.45, 2.75) is 24.2 Å². The number of halogens is 1. The maximum absolute atomic E-state index is 12.3. The van der Waals surface area contributed by atoms with Crippen LogP contribution in [0.2, 0.25) is 0 Å². The number of rotatable bonds is 6. The highest BCUT2D eigenvalue weighted by Crippen LogP contribution is 2.21. The number of sulfonamides is 1. The molecule has 0 bridgehead atoms. The van der Waals surface area contributed by atoms with Gasteiger partial charge in [-0.05, 0) is 18.9 Å². The summed E-state index contributed by atoms with van der Waals surface area (Å²) in [7, 11) is -3.47. The fraction of sp³-hybridized carbons (Fsp3) is 0.500. The lowest BCUT2D eigenvalue weighted by Crippen LogP contribution is -2.28. The van der Waals surface area contributed by atoms with Gasteiger partial charge in [0.15, 0.2) is 0 Å². The van der Waals surface area contributed by atoms with Crippen molar-refractivity contribution in [2.75, 3.05) is 25.0 Å². The first-order valence-corrected chi connectivity index (χ1v) is 7.86. The van der Waals surface area contributed by atoms with Crippen molar-refractivity contribution in [3.8, 4) is 0 Å². The molecule has 2 N–H and O–H groups in total. The van der Waals surface area contributed by atoms with Crippen LogP contribution in [0.4, 0.5) is 5.82 Å². The number of anilines is 1. The number of hydrogen-bond donors (Lipinski definition) is 2. The molecule has 118 valence electrons. The Bertz CT molecular complexity index is 588. The Morgan fingerprint density at radius 3 is 2.67 bits per heavy atom. The summed E-state index contributed by atoms with van der Waals surface area (Å²) in [6.07, 6.45) is 3.12. The Morgan fingerprint density at radius 1 is 1.38 bits per heavy atom. The van der Waals surface area contributed by atoms with Gasteiger partial charge in [-0.15, -0.1) is 12.4 Å². The van der Waals surface area contributed by atoms with Gasteiger partial charge in [0.25, 0.3) is 0 Å². The van der Waals surface area contributed by atoms with E-state index in [1.807, 2.05) is 0 Å². The van der Waals surface area contributed by atoms with Gasteiger partial charge < -0.3 is 10.4 Å². The Kier molecular flexibility index (Phi) is 6.38. The predicted molar refractivity (Wildman–Crippen MR) is 80.2 cm³/mol. The molecule has 0 saturated carbocycles. The SMILES string of the molecule is Cl.O=C(O)CCNc1cc(S(=O)(=O)N2CCCC2)ccn1. The van der Waals surface area contributed by atoms with Gasteiger partial charge in [0.1, 0.15) is 5.82 Å². The zero-order valence-corrected chi connectivity index (χ0v) is 13.0. The third-order valence-electron chi connectivity index (χ3n) is 3.08. The van der Waals surface area contributed by atoms with Crippen molar-refractivity contribution in [3.05, 3.63) is 18.3 Å². The van der Waals surface area contributed by atoms with E-state index in [1.54, 1.807) is 0 Å². The van der Waals surface area contributed by atoms with E-state index in [4.69, 9.17) is 5.11 Å². The molecule has 9 heteroatoms. The molecule has 1 aromatic heterocycles. The summed E-state index contributed by atoms with van der Waals surface area (Å²) in [5, 5.41) is 11.4.